The number of esters is 2. The molecule has 1 radical (unpaired) electrons. The summed E-state index contributed by atoms with van der Waals surface area (Å²) in [4.78, 5) is 23.0. The molecule has 0 aliphatic rings. The molecule has 0 fully saturated rings. The van der Waals surface area contributed by atoms with Gasteiger partial charge in [0.2, 0.25) is 10.0 Å². The second kappa shape index (κ2) is 8.50. The van der Waals surface area contributed by atoms with Crippen molar-refractivity contribution in [2.24, 2.45) is 0 Å². The SMILES string of the molecule is CCOC(=O)CN(CC(=O)OCC)S(=O)(=O)c1[c]cccc1. The topological polar surface area (TPSA) is 90.0 Å². The molecule has 0 aliphatic carbocycles. The molecule has 1 aromatic carbocycles. The lowest BCUT2D eigenvalue weighted by atomic mass is 10.4. The molecule has 0 heterocycles. The lowest BCUT2D eigenvalue weighted by Gasteiger charge is -2.20. The van der Waals surface area contributed by atoms with Gasteiger partial charge < -0.3 is 9.47 Å². The molecule has 22 heavy (non-hydrogen) atoms. The highest BCUT2D eigenvalue weighted by molar-refractivity contribution is 7.89. The highest BCUT2D eigenvalue weighted by Gasteiger charge is 2.29. The second-order valence-corrected chi connectivity index (χ2v) is 6.02. The maximum absolute atomic E-state index is 12.5. The molecule has 0 unspecified atom stereocenters. The summed E-state index contributed by atoms with van der Waals surface area (Å²) in [5, 5.41) is 0. The Morgan fingerprint density at radius 1 is 1.09 bits per heavy atom. The van der Waals surface area contributed by atoms with Gasteiger partial charge in [0.1, 0.15) is 13.1 Å². The molecule has 7 nitrogen and oxygen atoms in total. The molecule has 0 amide bonds. The molecule has 0 atom stereocenters. The summed E-state index contributed by atoms with van der Waals surface area (Å²) in [5.41, 5.74) is 0. The average molecular weight is 328 g/mol. The van der Waals surface area contributed by atoms with Crippen molar-refractivity contribution in [1.29, 1.82) is 0 Å². The van der Waals surface area contributed by atoms with E-state index in [0.29, 0.717) is 0 Å². The first-order chi connectivity index (χ1) is 10.4. The molecule has 121 valence electrons. The van der Waals surface area contributed by atoms with Gasteiger partial charge in [-0.1, -0.05) is 18.2 Å². The van der Waals surface area contributed by atoms with E-state index in [-0.39, 0.29) is 18.1 Å². The number of hydrogen-bond donors (Lipinski definition) is 0. The van der Waals surface area contributed by atoms with Gasteiger partial charge in [0.05, 0.1) is 18.1 Å². The van der Waals surface area contributed by atoms with E-state index in [2.05, 4.69) is 6.07 Å². The highest BCUT2D eigenvalue weighted by atomic mass is 32.2. The van der Waals surface area contributed by atoms with E-state index in [9.17, 15) is 18.0 Å². The Hall–Kier alpha value is -1.93. The summed E-state index contributed by atoms with van der Waals surface area (Å²) in [6.07, 6.45) is 0. The molecule has 0 aliphatic heterocycles. The first kappa shape index (κ1) is 18.1. The number of ether oxygens (including phenoxy) is 2. The van der Waals surface area contributed by atoms with Crippen LogP contribution in [0.3, 0.4) is 0 Å². The zero-order valence-corrected chi connectivity index (χ0v) is 13.3. The van der Waals surface area contributed by atoms with Gasteiger partial charge in [-0.15, -0.1) is 0 Å². The first-order valence-corrected chi connectivity index (χ1v) is 8.14. The van der Waals surface area contributed by atoms with Gasteiger partial charge >= 0.3 is 11.9 Å². The van der Waals surface area contributed by atoms with Crippen LogP contribution in [0.5, 0.6) is 0 Å². The van der Waals surface area contributed by atoms with E-state index in [1.807, 2.05) is 0 Å². The monoisotopic (exact) mass is 328 g/mol. The van der Waals surface area contributed by atoms with E-state index in [1.54, 1.807) is 19.9 Å². The van der Waals surface area contributed by atoms with E-state index in [1.165, 1.54) is 18.2 Å². The minimum atomic E-state index is -4.05. The van der Waals surface area contributed by atoms with Gasteiger partial charge in [0.15, 0.2) is 0 Å². The molecular formula is C14H18NO6S. The summed E-state index contributed by atoms with van der Waals surface area (Å²) >= 11 is 0. The number of sulfonamides is 1. The standard InChI is InChI=1S/C14H18NO6S/c1-3-20-13(16)10-15(11-14(17)21-4-2)22(18,19)12-8-6-5-7-9-12/h5-8H,3-4,10-11H2,1-2H3. The molecular weight excluding hydrogens is 310 g/mol. The summed E-state index contributed by atoms with van der Waals surface area (Å²) in [6, 6.07) is 8.46. The molecule has 0 bridgehead atoms. The van der Waals surface area contributed by atoms with Crippen LogP contribution in [0, 0.1) is 6.07 Å². The van der Waals surface area contributed by atoms with Gasteiger partial charge in [-0.2, -0.15) is 4.31 Å². The quantitative estimate of drug-likeness (QED) is 0.649. The van der Waals surface area contributed by atoms with Crippen molar-refractivity contribution in [2.45, 2.75) is 18.7 Å². The first-order valence-electron chi connectivity index (χ1n) is 6.70. The van der Waals surface area contributed by atoms with Crippen LogP contribution in [-0.4, -0.2) is 51.0 Å². The Labute approximate surface area is 129 Å². The number of nitrogens with zero attached hydrogens (tertiary/aromatic N) is 1. The fourth-order valence-electron chi connectivity index (χ4n) is 1.60. The van der Waals surface area contributed by atoms with Crippen molar-refractivity contribution in [1.82, 2.24) is 4.31 Å². The third-order valence-electron chi connectivity index (χ3n) is 2.52. The summed E-state index contributed by atoms with van der Waals surface area (Å²) < 4.78 is 35.2. The summed E-state index contributed by atoms with van der Waals surface area (Å²) in [7, 11) is -4.05. The second-order valence-electron chi connectivity index (χ2n) is 4.11. The predicted octanol–water partition coefficient (Wildman–Crippen LogP) is 0.604. The number of hydrogen-bond acceptors (Lipinski definition) is 6. The van der Waals surface area contributed by atoms with Gasteiger partial charge in [-0.3, -0.25) is 9.59 Å². The lowest BCUT2D eigenvalue weighted by Crippen LogP contribution is -2.40. The van der Waals surface area contributed by atoms with Crippen LogP contribution in [0.15, 0.2) is 29.2 Å². The maximum atomic E-state index is 12.5. The zero-order chi connectivity index (χ0) is 16.6. The smallest absolute Gasteiger partial charge is 0.321 e. The van der Waals surface area contributed by atoms with Gasteiger partial charge in [0, 0.05) is 6.07 Å². The number of rotatable bonds is 8. The van der Waals surface area contributed by atoms with Crippen LogP contribution >= 0.6 is 0 Å². The van der Waals surface area contributed by atoms with E-state index in [4.69, 9.17) is 9.47 Å². The Bertz CT molecular complexity index is 579. The number of carbonyl (C=O) groups excluding carboxylic acids is 2. The minimum Gasteiger partial charge on any atom is -0.465 e. The van der Waals surface area contributed by atoms with E-state index in [0.717, 1.165) is 4.31 Å². The Kier molecular flexibility index (Phi) is 7.00. The predicted molar refractivity (Wildman–Crippen MR) is 77.3 cm³/mol. The van der Waals surface area contributed by atoms with Crippen LogP contribution in [0.2, 0.25) is 0 Å². The van der Waals surface area contributed by atoms with E-state index >= 15 is 0 Å². The van der Waals surface area contributed by atoms with Crippen molar-refractivity contribution >= 4 is 22.0 Å². The molecule has 0 saturated heterocycles. The Morgan fingerprint density at radius 3 is 2.05 bits per heavy atom. The molecule has 0 aromatic heterocycles. The van der Waals surface area contributed by atoms with Crippen molar-refractivity contribution in [3.63, 3.8) is 0 Å². The average Bonchev–Trinajstić information content (AvgIpc) is 2.48. The van der Waals surface area contributed by atoms with Gasteiger partial charge in [-0.05, 0) is 19.9 Å². The van der Waals surface area contributed by atoms with Crippen LogP contribution in [0.25, 0.3) is 0 Å². The molecule has 0 N–H and O–H groups in total. The Morgan fingerprint density at radius 2 is 1.64 bits per heavy atom. The zero-order valence-electron chi connectivity index (χ0n) is 12.4. The largest absolute Gasteiger partial charge is 0.465 e. The highest BCUT2D eigenvalue weighted by Crippen LogP contribution is 2.14. The van der Waals surface area contributed by atoms with Crippen molar-refractivity contribution < 1.29 is 27.5 Å². The fourth-order valence-corrected chi connectivity index (χ4v) is 2.90. The summed E-state index contributed by atoms with van der Waals surface area (Å²) in [6.45, 7) is 2.29. The van der Waals surface area contributed by atoms with Crippen LogP contribution in [-0.2, 0) is 29.1 Å². The third kappa shape index (κ3) is 5.12. The van der Waals surface area contributed by atoms with E-state index < -0.39 is 35.1 Å². The van der Waals surface area contributed by atoms with Gasteiger partial charge in [0.25, 0.3) is 0 Å². The fraction of sp³-hybridized carbons (Fsp3) is 0.429. The molecule has 8 heteroatoms. The van der Waals surface area contributed by atoms with Crippen molar-refractivity contribution in [3.05, 3.63) is 30.3 Å². The third-order valence-corrected chi connectivity index (χ3v) is 4.27. The normalized spacial score (nSPS) is 11.2. The summed E-state index contributed by atoms with van der Waals surface area (Å²) in [5.74, 6) is -1.49. The van der Waals surface area contributed by atoms with Crippen LogP contribution in [0.1, 0.15) is 13.8 Å². The maximum Gasteiger partial charge on any atom is 0.321 e. The number of carbonyl (C=O) groups is 2. The molecule has 0 spiro atoms. The van der Waals surface area contributed by atoms with Crippen LogP contribution < -0.4 is 0 Å². The molecule has 1 rings (SSSR count). The molecule has 0 saturated carbocycles. The number of benzene rings is 1. The van der Waals surface area contributed by atoms with Gasteiger partial charge in [-0.25, -0.2) is 8.42 Å². The molecule has 1 aromatic rings. The Balaban J connectivity index is 3.02. The van der Waals surface area contributed by atoms with Crippen LogP contribution in [0.4, 0.5) is 0 Å². The van der Waals surface area contributed by atoms with Crippen molar-refractivity contribution in [2.75, 3.05) is 26.3 Å². The minimum absolute atomic E-state index is 0.115. The lowest BCUT2D eigenvalue weighted by molar-refractivity contribution is -0.146. The van der Waals surface area contributed by atoms with Crippen molar-refractivity contribution in [3.8, 4) is 0 Å².